The fourth-order valence-corrected chi connectivity index (χ4v) is 14.6. The molecular formula is C47H72Ac2O16. The molecule has 13 unspecified atom stereocenters. The summed E-state index contributed by atoms with van der Waals surface area (Å²) in [5.74, 6) is -3.97. The molecule has 0 aromatic carbocycles. The zero-order valence-electron chi connectivity index (χ0n) is 39.7. The van der Waals surface area contributed by atoms with Crippen molar-refractivity contribution in [3.63, 3.8) is 0 Å². The Morgan fingerprint density at radius 1 is 0.692 bits per heavy atom. The van der Waals surface area contributed by atoms with Gasteiger partial charge in [0.15, 0.2) is 5.78 Å². The summed E-state index contributed by atoms with van der Waals surface area (Å²) in [5, 5.41) is 109. The molecule has 8 aliphatic rings. The molecule has 18 heteroatoms. The van der Waals surface area contributed by atoms with Crippen LogP contribution in [-0.2, 0) is 23.8 Å². The predicted molar refractivity (Wildman–Crippen MR) is 226 cm³/mol. The molecule has 2 radical (unpaired) electrons. The van der Waals surface area contributed by atoms with Gasteiger partial charge in [0.1, 0.15) is 29.7 Å². The van der Waals surface area contributed by atoms with Crippen LogP contribution in [0.5, 0.6) is 0 Å². The molecule has 6 aliphatic carbocycles. The Morgan fingerprint density at radius 2 is 1.06 bits per heavy atom. The topological polar surface area (TPSA) is 281 Å². The van der Waals surface area contributed by atoms with Crippen LogP contribution >= 0.6 is 0 Å². The Morgan fingerprint density at radius 3 is 1.40 bits per heavy atom. The van der Waals surface area contributed by atoms with Gasteiger partial charge >= 0.3 is 6.16 Å². The maximum atomic E-state index is 13.9. The molecule has 6 fully saturated rings. The summed E-state index contributed by atoms with van der Waals surface area (Å²) in [6.07, 6.45) is -6.09. The molecule has 2 aliphatic heterocycles. The molecule has 0 aromatic heterocycles. The SMILES string of the molecule is C=CCOC(=O)O.CC1=C2C(O)C(=O)[C@]3(C)C(O)CC4OC[C@@]4(O)C3C(C)C(O)(CC1O)C2(C)C.CC1=C2[C@@H](C)C(=O)[C@]3(C)C(O)CC4OC[C@@]4(O)C3C(C)C(O)(CC1O)C2(C)C.[Ac].[Ac]. The molecule has 4 bridgehead atoms. The molecule has 16 nitrogen and oxygen atoms in total. The smallest absolute Gasteiger partial charge is 0.450 e. The second kappa shape index (κ2) is 19.0. The zero-order valence-corrected chi connectivity index (χ0v) is 49.2. The molecule has 2 heterocycles. The van der Waals surface area contributed by atoms with E-state index in [9.17, 15) is 60.3 Å². The molecule has 0 aromatic rings. The second-order valence-corrected chi connectivity index (χ2v) is 21.6. The van der Waals surface area contributed by atoms with Gasteiger partial charge in [-0.2, -0.15) is 0 Å². The molecule has 0 spiro atoms. The molecule has 18 atom stereocenters. The van der Waals surface area contributed by atoms with E-state index in [-0.39, 0.29) is 139 Å². The molecule has 362 valence electrons. The van der Waals surface area contributed by atoms with Crippen LogP contribution in [0.1, 0.15) is 102 Å². The zero-order chi connectivity index (χ0) is 47.7. The van der Waals surface area contributed by atoms with Crippen molar-refractivity contribution in [1.29, 1.82) is 0 Å². The maximum Gasteiger partial charge on any atom is 0.506 e. The number of carboxylic acid groups (broad SMARTS) is 1. The van der Waals surface area contributed by atoms with E-state index in [1.165, 1.54) is 6.08 Å². The third kappa shape index (κ3) is 8.02. The summed E-state index contributed by atoms with van der Waals surface area (Å²) in [6.45, 7) is 23.1. The first-order valence-electron chi connectivity index (χ1n) is 22.3. The van der Waals surface area contributed by atoms with Crippen molar-refractivity contribution in [2.24, 2.45) is 51.2 Å². The Hall–Kier alpha value is 0.273. The molecule has 4 saturated carbocycles. The molecule has 10 N–H and O–H groups in total. The summed E-state index contributed by atoms with van der Waals surface area (Å²) in [5.41, 5.74) is -7.61. The third-order valence-electron chi connectivity index (χ3n) is 18.4. The number of aliphatic hydroxyl groups excluding tert-OH is 5. The predicted octanol–water partition coefficient (Wildman–Crippen LogP) is 1.99. The number of hydrogen-bond acceptors (Lipinski definition) is 15. The first-order valence-corrected chi connectivity index (χ1v) is 22.3. The van der Waals surface area contributed by atoms with Gasteiger partial charge < -0.3 is 65.3 Å². The summed E-state index contributed by atoms with van der Waals surface area (Å²) in [6, 6.07) is 0. The minimum Gasteiger partial charge on any atom is -0.450 e. The van der Waals surface area contributed by atoms with E-state index in [1.54, 1.807) is 48.5 Å². The average Bonchev–Trinajstić information content (AvgIpc) is 3.19. The van der Waals surface area contributed by atoms with Crippen LogP contribution < -0.4 is 0 Å². The van der Waals surface area contributed by atoms with Crippen LogP contribution in [0.3, 0.4) is 0 Å². The number of carbonyl (C=O) groups excluding carboxylic acids is 2. The number of carbonyl (C=O) groups is 3. The first kappa shape index (κ1) is 57.8. The monoisotopic (exact) mass is 1350 g/mol. The van der Waals surface area contributed by atoms with Crippen LogP contribution in [0.15, 0.2) is 34.9 Å². The van der Waals surface area contributed by atoms with Crippen LogP contribution in [0.4, 0.5) is 4.79 Å². The number of aliphatic hydroxyl groups is 9. The largest absolute Gasteiger partial charge is 0.506 e. The van der Waals surface area contributed by atoms with Crippen molar-refractivity contribution < 1.29 is 168 Å². The van der Waals surface area contributed by atoms with Gasteiger partial charge in [0, 0.05) is 142 Å². The number of hydrogen-bond donors (Lipinski definition) is 10. The normalized spacial score (nSPS) is 48.7. The quantitative estimate of drug-likeness (QED) is 0.140. The van der Waals surface area contributed by atoms with Crippen LogP contribution in [-0.4, -0.2) is 154 Å². The Labute approximate surface area is 453 Å². The number of fused-ring (bicyclic) bond motifs is 10. The number of rotatable bonds is 2. The minimum atomic E-state index is -1.58. The molecule has 2 saturated heterocycles. The third-order valence-corrected chi connectivity index (χ3v) is 18.4. The van der Waals surface area contributed by atoms with Crippen molar-refractivity contribution in [3.05, 3.63) is 34.9 Å². The Kier molecular flexibility index (Phi) is 16.9. The van der Waals surface area contributed by atoms with Gasteiger partial charge in [0.25, 0.3) is 0 Å². The van der Waals surface area contributed by atoms with E-state index in [0.717, 1.165) is 11.1 Å². The number of ketones is 2. The van der Waals surface area contributed by atoms with E-state index >= 15 is 0 Å². The van der Waals surface area contributed by atoms with Gasteiger partial charge in [0.05, 0.1) is 71.9 Å². The van der Waals surface area contributed by atoms with Crippen LogP contribution in [0.25, 0.3) is 0 Å². The molecule has 0 amide bonds. The summed E-state index contributed by atoms with van der Waals surface area (Å²) in [4.78, 5) is 37.0. The fourth-order valence-electron chi connectivity index (χ4n) is 14.6. The van der Waals surface area contributed by atoms with E-state index in [0.29, 0.717) is 11.1 Å². The van der Waals surface area contributed by atoms with Crippen molar-refractivity contribution in [1.82, 2.24) is 0 Å². The van der Waals surface area contributed by atoms with Gasteiger partial charge in [-0.05, 0) is 61.8 Å². The second-order valence-electron chi connectivity index (χ2n) is 21.6. The summed E-state index contributed by atoms with van der Waals surface area (Å²) < 4.78 is 15.0. The van der Waals surface area contributed by atoms with E-state index < -0.39 is 128 Å². The molecule has 8 rings (SSSR count). The van der Waals surface area contributed by atoms with Gasteiger partial charge in [-0.3, -0.25) is 9.59 Å². The van der Waals surface area contributed by atoms with Gasteiger partial charge in [-0.15, -0.1) is 0 Å². The van der Waals surface area contributed by atoms with Crippen molar-refractivity contribution >= 4 is 17.7 Å². The fraction of sp³-hybridized carbons (Fsp3) is 0.809. The molecule has 65 heavy (non-hydrogen) atoms. The first-order chi connectivity index (χ1) is 28.8. The van der Waals surface area contributed by atoms with Crippen molar-refractivity contribution in [3.8, 4) is 0 Å². The summed E-state index contributed by atoms with van der Waals surface area (Å²) in [7, 11) is 0. The van der Waals surface area contributed by atoms with E-state index in [1.807, 2.05) is 27.7 Å². The van der Waals surface area contributed by atoms with Crippen molar-refractivity contribution in [2.45, 2.75) is 167 Å². The number of ether oxygens (including phenoxy) is 3. The maximum absolute atomic E-state index is 13.9. The van der Waals surface area contributed by atoms with Gasteiger partial charge in [0.2, 0.25) is 0 Å². The van der Waals surface area contributed by atoms with Gasteiger partial charge in [-0.25, -0.2) is 4.79 Å². The van der Waals surface area contributed by atoms with E-state index in [2.05, 4.69) is 11.3 Å². The standard InChI is InChI=1S/C22H34O6.C21H32O7.C4H6O3.2Ac/c1-10-13(23)8-22(27)12(3)17-20(6,14(24)7-15-21(17,26)9-28-15)18(25)11(2)16(10)19(22,4)5;1-9-11(22)7-21(27)10(2)16-19(5,12(23)6-13-20(16,26)8-28-13)17(25)15(24)14(9)18(21,3)4;1-2-3-7-4(5)6;;/h11-15,17,23-24,26-27H,7-9H2,1-6H3;10-13,15-16,22-24,26-27H,6-8H2,1-5H3;2H,1,3H2,(H,5,6);;/t11-,12?,13?,14?,15?,17?,20-,21+,22?;10?,11?,12?,13?,15?,16?,19-,20+,21?;;;/m11.../s1. The average molecular weight is 1350 g/mol. The van der Waals surface area contributed by atoms with Crippen LogP contribution in [0.2, 0.25) is 0 Å². The van der Waals surface area contributed by atoms with Crippen LogP contribution in [0, 0.1) is 139 Å². The van der Waals surface area contributed by atoms with E-state index in [4.69, 9.17) is 14.6 Å². The minimum absolute atomic E-state index is 0. The van der Waals surface area contributed by atoms with Gasteiger partial charge in [-0.1, -0.05) is 61.1 Å². The Balaban J connectivity index is 0.000000242. The Bertz CT molecular complexity index is 1850. The van der Waals surface area contributed by atoms with Crippen molar-refractivity contribution in [2.75, 3.05) is 19.8 Å². The molecular weight excluding hydrogens is 1270 g/mol. The number of Topliss-reactive ketones (excluding diaryl/α,β-unsaturated/α-hetero) is 2. The summed E-state index contributed by atoms with van der Waals surface area (Å²) >= 11 is 0.